The fraction of sp³-hybridized carbons (Fsp3) is 0.438. The molecule has 0 atom stereocenters. The van der Waals surface area contributed by atoms with Crippen LogP contribution in [0.2, 0.25) is 0 Å². The van der Waals surface area contributed by atoms with Gasteiger partial charge in [-0.1, -0.05) is 0 Å². The molecule has 5 heteroatoms. The Morgan fingerprint density at radius 1 is 1.29 bits per heavy atom. The number of nitrogens with one attached hydrogen (secondary N) is 1. The van der Waals surface area contributed by atoms with Crippen LogP contribution in [-0.4, -0.2) is 32.9 Å². The second kappa shape index (κ2) is 6.18. The maximum absolute atomic E-state index is 11.5. The fourth-order valence-electron chi connectivity index (χ4n) is 2.94. The Labute approximate surface area is 124 Å². The molecule has 0 amide bonds. The number of piperidine rings is 1. The summed E-state index contributed by atoms with van der Waals surface area (Å²) in [4.78, 5) is 25.2. The number of pyridine rings is 1. The van der Waals surface area contributed by atoms with Crippen molar-refractivity contribution in [2.45, 2.75) is 32.2 Å². The van der Waals surface area contributed by atoms with Gasteiger partial charge >= 0.3 is 0 Å². The van der Waals surface area contributed by atoms with E-state index in [-0.39, 0.29) is 5.56 Å². The maximum atomic E-state index is 11.5. The summed E-state index contributed by atoms with van der Waals surface area (Å²) in [5.41, 5.74) is 2.20. The fourth-order valence-corrected chi connectivity index (χ4v) is 2.94. The highest BCUT2D eigenvalue weighted by Gasteiger charge is 2.22. The zero-order chi connectivity index (χ0) is 14.7. The summed E-state index contributed by atoms with van der Waals surface area (Å²) in [7, 11) is 0. The third kappa shape index (κ3) is 3.55. The van der Waals surface area contributed by atoms with Gasteiger partial charge in [0.15, 0.2) is 0 Å². The lowest BCUT2D eigenvalue weighted by Crippen LogP contribution is -2.33. The number of hydrogen-bond donors (Lipinski definition) is 1. The van der Waals surface area contributed by atoms with Crippen LogP contribution in [0.3, 0.4) is 0 Å². The molecule has 1 fully saturated rings. The maximum Gasteiger partial charge on any atom is 0.251 e. The van der Waals surface area contributed by atoms with Gasteiger partial charge in [0.25, 0.3) is 5.56 Å². The summed E-state index contributed by atoms with van der Waals surface area (Å²) in [5.74, 6) is 1.11. The van der Waals surface area contributed by atoms with E-state index in [1.165, 1.54) is 5.56 Å². The van der Waals surface area contributed by atoms with Crippen LogP contribution in [0.1, 0.15) is 35.8 Å². The van der Waals surface area contributed by atoms with E-state index in [0.29, 0.717) is 11.7 Å². The zero-order valence-corrected chi connectivity index (χ0v) is 12.2. The molecule has 0 radical (unpaired) electrons. The molecular weight excluding hydrogens is 264 g/mol. The van der Waals surface area contributed by atoms with E-state index in [1.54, 1.807) is 6.07 Å². The molecule has 0 spiro atoms. The molecule has 1 N–H and O–H groups in total. The highest BCUT2D eigenvalue weighted by molar-refractivity contribution is 5.12. The highest BCUT2D eigenvalue weighted by Crippen LogP contribution is 2.26. The van der Waals surface area contributed by atoms with Gasteiger partial charge in [-0.05, 0) is 50.6 Å². The molecule has 2 aromatic heterocycles. The average molecular weight is 284 g/mol. The normalized spacial score (nSPS) is 17.0. The number of hydrogen-bond acceptors (Lipinski definition) is 4. The Hall–Kier alpha value is -2.01. The molecule has 0 unspecified atom stereocenters. The highest BCUT2D eigenvalue weighted by atomic mass is 16.1. The van der Waals surface area contributed by atoms with Crippen molar-refractivity contribution in [2.24, 2.45) is 0 Å². The van der Waals surface area contributed by atoms with Crippen molar-refractivity contribution < 1.29 is 0 Å². The smallest absolute Gasteiger partial charge is 0.251 e. The molecule has 0 bridgehead atoms. The first-order chi connectivity index (χ1) is 10.2. The van der Waals surface area contributed by atoms with Gasteiger partial charge in [-0.2, -0.15) is 0 Å². The zero-order valence-electron chi connectivity index (χ0n) is 12.2. The van der Waals surface area contributed by atoms with E-state index in [2.05, 4.69) is 32.0 Å². The molecular formula is C16H20N4O. The summed E-state index contributed by atoms with van der Waals surface area (Å²) < 4.78 is 0. The summed E-state index contributed by atoms with van der Waals surface area (Å²) in [5, 5.41) is 0. The largest absolute Gasteiger partial charge is 0.311 e. The van der Waals surface area contributed by atoms with Crippen LogP contribution >= 0.6 is 0 Å². The van der Waals surface area contributed by atoms with Crippen LogP contribution in [0, 0.1) is 6.92 Å². The molecule has 3 heterocycles. The van der Waals surface area contributed by atoms with E-state index in [0.717, 1.165) is 38.2 Å². The van der Waals surface area contributed by atoms with Gasteiger partial charge < -0.3 is 4.98 Å². The molecule has 5 nitrogen and oxygen atoms in total. The molecule has 2 aromatic rings. The minimum absolute atomic E-state index is 0.0447. The van der Waals surface area contributed by atoms with Gasteiger partial charge in [0.1, 0.15) is 5.82 Å². The summed E-state index contributed by atoms with van der Waals surface area (Å²) in [6.45, 7) is 4.89. The third-order valence-electron chi connectivity index (χ3n) is 4.04. The van der Waals surface area contributed by atoms with E-state index in [1.807, 2.05) is 19.3 Å². The van der Waals surface area contributed by atoms with Gasteiger partial charge in [-0.25, -0.2) is 4.98 Å². The minimum atomic E-state index is -0.0447. The number of rotatable bonds is 3. The van der Waals surface area contributed by atoms with Gasteiger partial charge in [0, 0.05) is 30.9 Å². The minimum Gasteiger partial charge on any atom is -0.311 e. The van der Waals surface area contributed by atoms with Crippen LogP contribution in [0.5, 0.6) is 0 Å². The second-order valence-electron chi connectivity index (χ2n) is 5.66. The van der Waals surface area contributed by atoms with E-state index in [4.69, 9.17) is 0 Å². The van der Waals surface area contributed by atoms with Crippen molar-refractivity contribution in [1.29, 1.82) is 0 Å². The lowest BCUT2D eigenvalue weighted by Gasteiger charge is -2.31. The average Bonchev–Trinajstić information content (AvgIpc) is 2.48. The molecule has 1 aliphatic rings. The van der Waals surface area contributed by atoms with Crippen LogP contribution < -0.4 is 5.56 Å². The van der Waals surface area contributed by atoms with Crippen molar-refractivity contribution in [3.05, 3.63) is 58.0 Å². The Bertz CT molecular complexity index is 645. The van der Waals surface area contributed by atoms with Gasteiger partial charge in [-0.15, -0.1) is 0 Å². The van der Waals surface area contributed by atoms with Gasteiger partial charge in [0.2, 0.25) is 0 Å². The Morgan fingerprint density at radius 2 is 2.00 bits per heavy atom. The van der Waals surface area contributed by atoms with E-state index < -0.39 is 0 Å². The Kier molecular flexibility index (Phi) is 4.10. The van der Waals surface area contributed by atoms with Crippen molar-refractivity contribution in [3.63, 3.8) is 0 Å². The molecule has 0 aliphatic carbocycles. The predicted octanol–water partition coefficient (Wildman–Crippen LogP) is 1.85. The van der Waals surface area contributed by atoms with Crippen molar-refractivity contribution in [2.75, 3.05) is 13.1 Å². The van der Waals surface area contributed by atoms with Crippen LogP contribution in [0.25, 0.3) is 0 Å². The summed E-state index contributed by atoms with van der Waals surface area (Å²) in [6.07, 6.45) is 5.79. The monoisotopic (exact) mass is 284 g/mol. The molecule has 1 aliphatic heterocycles. The van der Waals surface area contributed by atoms with Crippen molar-refractivity contribution >= 4 is 0 Å². The van der Waals surface area contributed by atoms with Crippen molar-refractivity contribution in [3.8, 4) is 0 Å². The van der Waals surface area contributed by atoms with Crippen LogP contribution in [0.15, 0.2) is 35.4 Å². The van der Waals surface area contributed by atoms with Crippen LogP contribution in [0.4, 0.5) is 0 Å². The quantitative estimate of drug-likeness (QED) is 0.934. The lowest BCUT2D eigenvalue weighted by atomic mass is 9.93. The second-order valence-corrected chi connectivity index (χ2v) is 5.66. The first-order valence-electron chi connectivity index (χ1n) is 7.40. The molecule has 21 heavy (non-hydrogen) atoms. The van der Waals surface area contributed by atoms with Crippen molar-refractivity contribution in [1.82, 2.24) is 19.9 Å². The van der Waals surface area contributed by atoms with Gasteiger partial charge in [-0.3, -0.25) is 14.7 Å². The number of aromatic nitrogens is 3. The topological polar surface area (TPSA) is 61.9 Å². The first kappa shape index (κ1) is 13.9. The molecule has 110 valence electrons. The Morgan fingerprint density at radius 3 is 2.67 bits per heavy atom. The third-order valence-corrected chi connectivity index (χ3v) is 4.04. The SMILES string of the molecule is Cc1nc(C2CCN(Cc3ccncc3)CC2)cc(=O)[nH]1. The van der Waals surface area contributed by atoms with E-state index >= 15 is 0 Å². The molecule has 0 saturated carbocycles. The number of H-pyrrole nitrogens is 1. The predicted molar refractivity (Wildman–Crippen MR) is 81.1 cm³/mol. The molecule has 0 aromatic carbocycles. The van der Waals surface area contributed by atoms with E-state index in [9.17, 15) is 4.79 Å². The number of likely N-dealkylation sites (tertiary alicyclic amines) is 1. The summed E-state index contributed by atoms with van der Waals surface area (Å²) in [6, 6.07) is 5.78. The number of aryl methyl sites for hydroxylation is 1. The lowest BCUT2D eigenvalue weighted by molar-refractivity contribution is 0.203. The molecule has 1 saturated heterocycles. The molecule has 3 rings (SSSR count). The first-order valence-corrected chi connectivity index (χ1v) is 7.40. The van der Waals surface area contributed by atoms with Gasteiger partial charge in [0.05, 0.1) is 5.69 Å². The van der Waals surface area contributed by atoms with Crippen LogP contribution in [-0.2, 0) is 6.54 Å². The standard InChI is InChI=1S/C16H20N4O/c1-12-18-15(10-16(21)19-12)14-4-8-20(9-5-14)11-13-2-6-17-7-3-13/h2-3,6-7,10,14H,4-5,8-9,11H2,1H3,(H,18,19,21). The number of aromatic amines is 1. The number of nitrogens with zero attached hydrogens (tertiary/aromatic N) is 3. The Balaban J connectivity index is 1.61. The summed E-state index contributed by atoms with van der Waals surface area (Å²) >= 11 is 0.